The normalized spacial score (nSPS) is 12.1. The highest BCUT2D eigenvalue weighted by Crippen LogP contribution is 2.38. The van der Waals surface area contributed by atoms with Gasteiger partial charge in [-0.2, -0.15) is 13.5 Å². The van der Waals surface area contributed by atoms with E-state index in [1.54, 1.807) is 18.3 Å². The lowest BCUT2D eigenvalue weighted by atomic mass is 9.95. The Balaban J connectivity index is 0.00000420. The number of aryl methyl sites for hydroxylation is 1. The van der Waals surface area contributed by atoms with Crippen LogP contribution in [0.4, 0.5) is 0 Å². The number of fused-ring (bicyclic) bond motifs is 1. The summed E-state index contributed by atoms with van der Waals surface area (Å²) in [5, 5.41) is 30.9. The Bertz CT molecular complexity index is 1470. The van der Waals surface area contributed by atoms with Crippen molar-refractivity contribution in [2.24, 2.45) is 0 Å². The number of carboxylic acid groups (broad SMARTS) is 1. The molecule has 1 aromatic heterocycles. The van der Waals surface area contributed by atoms with Crippen molar-refractivity contribution in [1.29, 1.82) is 0 Å². The summed E-state index contributed by atoms with van der Waals surface area (Å²) < 4.78 is 12.8. The van der Waals surface area contributed by atoms with Gasteiger partial charge in [0.15, 0.2) is 0 Å². The first-order valence-electron chi connectivity index (χ1n) is 12.3. The van der Waals surface area contributed by atoms with Gasteiger partial charge in [0.25, 0.3) is 0 Å². The van der Waals surface area contributed by atoms with Crippen molar-refractivity contribution in [2.75, 3.05) is 13.2 Å². The van der Waals surface area contributed by atoms with Crippen LogP contribution in [-0.4, -0.2) is 40.6 Å². The molecular weight excluding hydrogens is 532 g/mol. The topological polar surface area (TPSA) is 96.2 Å². The van der Waals surface area contributed by atoms with Crippen molar-refractivity contribution < 1.29 is 29.6 Å². The van der Waals surface area contributed by atoms with Gasteiger partial charge < -0.3 is 24.8 Å². The zero-order chi connectivity index (χ0) is 27.1. The van der Waals surface area contributed by atoms with Crippen molar-refractivity contribution >= 4 is 40.9 Å². The number of carboxylic acids is 1. The maximum atomic E-state index is 11.2. The molecule has 3 aromatic carbocycles. The number of ether oxygens (including phenoxy) is 2. The molecule has 1 unspecified atom stereocenters. The third-order valence-corrected chi connectivity index (χ3v) is 7.13. The van der Waals surface area contributed by atoms with E-state index in [0.29, 0.717) is 12.4 Å². The van der Waals surface area contributed by atoms with Crippen molar-refractivity contribution in [3.05, 3.63) is 82.7 Å². The molecule has 204 valence electrons. The zero-order valence-corrected chi connectivity index (χ0v) is 23.6. The number of thiophene rings is 1. The molecule has 0 bridgehead atoms. The third kappa shape index (κ3) is 7.78. The molecule has 4 rings (SSSR count). The van der Waals surface area contributed by atoms with Crippen LogP contribution in [0.5, 0.6) is 11.5 Å². The Morgan fingerprint density at radius 3 is 2.38 bits per heavy atom. The number of rotatable bonds is 11. The largest absolute Gasteiger partial charge is 0.491 e. The van der Waals surface area contributed by atoms with E-state index in [0.717, 1.165) is 43.7 Å². The van der Waals surface area contributed by atoms with Gasteiger partial charge in [-0.1, -0.05) is 36.3 Å². The van der Waals surface area contributed by atoms with Crippen molar-refractivity contribution in [3.63, 3.8) is 0 Å². The predicted molar refractivity (Wildman–Crippen MR) is 160 cm³/mol. The lowest BCUT2D eigenvalue weighted by Gasteiger charge is -2.13. The van der Waals surface area contributed by atoms with Crippen LogP contribution >= 0.6 is 24.8 Å². The molecule has 39 heavy (non-hydrogen) atoms. The van der Waals surface area contributed by atoms with Gasteiger partial charge in [0, 0.05) is 15.6 Å². The third-order valence-electron chi connectivity index (χ3n) is 6.17. The Morgan fingerprint density at radius 1 is 1.00 bits per heavy atom. The van der Waals surface area contributed by atoms with Crippen LogP contribution in [0.1, 0.15) is 36.0 Å². The second kappa shape index (κ2) is 14.1. The minimum Gasteiger partial charge on any atom is -0.491 e. The van der Waals surface area contributed by atoms with Gasteiger partial charge in [-0.3, -0.25) is 4.79 Å². The lowest BCUT2D eigenvalue weighted by Crippen LogP contribution is -2.21. The summed E-state index contributed by atoms with van der Waals surface area (Å²) >= 11 is 1.67. The van der Waals surface area contributed by atoms with Crippen LogP contribution in [0.25, 0.3) is 21.2 Å². The Kier molecular flexibility index (Phi) is 10.8. The summed E-state index contributed by atoms with van der Waals surface area (Å²) in [5.74, 6) is 6.00. The van der Waals surface area contributed by atoms with Crippen LogP contribution < -0.4 is 9.47 Å². The average Bonchev–Trinajstić information content (AvgIpc) is 3.33. The summed E-state index contributed by atoms with van der Waals surface area (Å²) in [4.78, 5) is 11.2. The summed E-state index contributed by atoms with van der Waals surface area (Å²) in [6, 6.07) is 19.6. The van der Waals surface area contributed by atoms with Crippen LogP contribution in [0.3, 0.4) is 0 Å². The van der Waals surface area contributed by atoms with Gasteiger partial charge in [-0.05, 0) is 71.8 Å². The number of hydrogen-bond acceptors (Lipinski definition) is 6. The Morgan fingerprint density at radius 2 is 1.72 bits per heavy atom. The zero-order valence-electron chi connectivity index (χ0n) is 21.8. The quantitative estimate of drug-likeness (QED) is 0.197. The number of hydrogen-bond donors (Lipinski definition) is 3. The summed E-state index contributed by atoms with van der Waals surface area (Å²) in [6.45, 7) is 3.82. The van der Waals surface area contributed by atoms with Crippen LogP contribution in [0.15, 0.2) is 66.0 Å². The van der Waals surface area contributed by atoms with Crippen LogP contribution in [-0.2, 0) is 11.4 Å². The summed E-state index contributed by atoms with van der Waals surface area (Å²) in [6.07, 6.45) is -0.932. The second-order valence-electron chi connectivity index (χ2n) is 9.01. The van der Waals surface area contributed by atoms with Gasteiger partial charge >= 0.3 is 5.97 Å². The molecule has 0 aliphatic carbocycles. The minimum atomic E-state index is -0.906. The molecular formula is C31H32O6S2. The van der Waals surface area contributed by atoms with E-state index in [2.05, 4.69) is 29.4 Å². The first-order chi connectivity index (χ1) is 18.4. The Labute approximate surface area is 239 Å². The molecule has 0 radical (unpaired) electrons. The smallest absolute Gasteiger partial charge is 0.304 e. The van der Waals surface area contributed by atoms with Crippen molar-refractivity contribution in [2.45, 2.75) is 38.9 Å². The van der Waals surface area contributed by atoms with E-state index in [1.807, 2.05) is 55.5 Å². The fourth-order valence-corrected chi connectivity index (χ4v) is 5.13. The van der Waals surface area contributed by atoms with Crippen LogP contribution in [0, 0.1) is 18.8 Å². The Hall–Kier alpha value is -3.48. The van der Waals surface area contributed by atoms with Gasteiger partial charge in [0.2, 0.25) is 0 Å². The van der Waals surface area contributed by atoms with Gasteiger partial charge in [0.05, 0.1) is 18.9 Å². The molecule has 0 saturated heterocycles. The lowest BCUT2D eigenvalue weighted by molar-refractivity contribution is -0.137. The molecule has 4 aromatic rings. The molecule has 6 nitrogen and oxygen atoms in total. The molecule has 0 amide bonds. The molecule has 2 atom stereocenters. The number of aliphatic carboxylic acids is 1. The van der Waals surface area contributed by atoms with Crippen LogP contribution in [0.2, 0.25) is 0 Å². The first kappa shape index (κ1) is 30.1. The van der Waals surface area contributed by atoms with Crippen molar-refractivity contribution in [3.8, 4) is 34.5 Å². The van der Waals surface area contributed by atoms with Gasteiger partial charge in [-0.15, -0.1) is 17.3 Å². The maximum Gasteiger partial charge on any atom is 0.304 e. The van der Waals surface area contributed by atoms with E-state index < -0.39 is 12.1 Å². The highest BCUT2D eigenvalue weighted by atomic mass is 32.1. The monoisotopic (exact) mass is 564 g/mol. The SMILES string of the molecule is CC#C[C@@H](CC(=O)O)c1ccc(COc2ccc3scc(-c4ccc(OCC(O)CO)cc4C)c3c2)cc1.S. The molecule has 0 spiro atoms. The van der Waals surface area contributed by atoms with E-state index in [1.165, 1.54) is 0 Å². The summed E-state index contributed by atoms with van der Waals surface area (Å²) in [5.41, 5.74) is 5.11. The fraction of sp³-hybridized carbons (Fsp3) is 0.258. The minimum absolute atomic E-state index is 0. The standard InChI is InChI=1S/C31H30O6S.H2S/c1-3-4-23(14-31(34)35)22-7-5-21(6-8-22)17-36-26-10-12-30-28(15-26)29(19-38-30)27-11-9-25(13-20(27)2)37-18-24(33)16-32;/h5-13,15,19,23-24,32-33H,14,16-18H2,1-2H3,(H,34,35);1H2/t23-,24?;/m0./s1. The number of benzene rings is 3. The number of carbonyl (C=O) groups is 1. The number of aliphatic hydroxyl groups excluding tert-OH is 2. The first-order valence-corrected chi connectivity index (χ1v) is 13.2. The molecule has 0 fully saturated rings. The van der Waals surface area contributed by atoms with Crippen molar-refractivity contribution in [1.82, 2.24) is 0 Å². The average molecular weight is 565 g/mol. The van der Waals surface area contributed by atoms with E-state index in [9.17, 15) is 9.90 Å². The second-order valence-corrected chi connectivity index (χ2v) is 9.92. The molecule has 8 heteroatoms. The van der Waals surface area contributed by atoms with E-state index in [-0.39, 0.29) is 39.0 Å². The molecule has 0 saturated carbocycles. The molecule has 0 aliphatic heterocycles. The summed E-state index contributed by atoms with van der Waals surface area (Å²) in [7, 11) is 0. The van der Waals surface area contributed by atoms with E-state index in [4.69, 9.17) is 19.7 Å². The fourth-order valence-electron chi connectivity index (χ4n) is 4.19. The molecule has 0 aliphatic rings. The highest BCUT2D eigenvalue weighted by Gasteiger charge is 2.14. The van der Waals surface area contributed by atoms with E-state index >= 15 is 0 Å². The highest BCUT2D eigenvalue weighted by molar-refractivity contribution is 7.59. The molecule has 3 N–H and O–H groups in total. The predicted octanol–water partition coefficient (Wildman–Crippen LogP) is 5.88. The van der Waals surface area contributed by atoms with Gasteiger partial charge in [-0.25, -0.2) is 0 Å². The van der Waals surface area contributed by atoms with Gasteiger partial charge in [0.1, 0.15) is 30.8 Å². The molecule has 1 heterocycles. The number of aliphatic hydroxyl groups is 2. The maximum absolute atomic E-state index is 11.2.